The number of ether oxygens (including phenoxy) is 1. The molecule has 0 aliphatic heterocycles. The third-order valence-electron chi connectivity index (χ3n) is 2.27. The lowest BCUT2D eigenvalue weighted by atomic mass is 10.1. The maximum absolute atomic E-state index is 5.07. The molecule has 0 saturated carbocycles. The highest BCUT2D eigenvalue weighted by atomic mass is 16.5. The fraction of sp³-hybridized carbons (Fsp3) is 0.750. The maximum Gasteiger partial charge on any atom is 0.0572 e. The van der Waals surface area contributed by atoms with E-state index in [1.807, 2.05) is 6.08 Å². The Morgan fingerprint density at radius 3 is 2.38 bits per heavy atom. The van der Waals surface area contributed by atoms with Crippen molar-refractivity contribution in [2.45, 2.75) is 51.0 Å². The van der Waals surface area contributed by atoms with Gasteiger partial charge in [-0.3, -0.25) is 0 Å². The molecule has 1 unspecified atom stereocenters. The van der Waals surface area contributed by atoms with Crippen molar-refractivity contribution in [2.24, 2.45) is 0 Å². The van der Waals surface area contributed by atoms with Crippen LogP contribution in [0.25, 0.3) is 0 Å². The molecule has 0 N–H and O–H groups in total. The van der Waals surface area contributed by atoms with Crippen molar-refractivity contribution in [3.05, 3.63) is 19.6 Å². The number of methoxy groups -OCH3 is 1. The minimum absolute atomic E-state index is 0.188. The lowest BCUT2D eigenvalue weighted by molar-refractivity contribution is 0.129. The van der Waals surface area contributed by atoms with Gasteiger partial charge in [-0.05, 0) is 26.2 Å². The Kier molecular flexibility index (Phi) is 9.56. The summed E-state index contributed by atoms with van der Waals surface area (Å²) < 4.78 is 5.07. The van der Waals surface area contributed by atoms with Crippen molar-refractivity contribution in [3.63, 3.8) is 0 Å². The van der Waals surface area contributed by atoms with Gasteiger partial charge in [0.15, 0.2) is 0 Å². The Labute approximate surface area is 83.2 Å². The Bertz CT molecular complexity index is 110. The summed E-state index contributed by atoms with van der Waals surface area (Å²) >= 11 is 0. The van der Waals surface area contributed by atoms with Gasteiger partial charge in [0.2, 0.25) is 0 Å². The lowest BCUT2D eigenvalue weighted by Gasteiger charge is -2.07. The van der Waals surface area contributed by atoms with E-state index >= 15 is 0 Å². The summed E-state index contributed by atoms with van der Waals surface area (Å²) in [6, 6.07) is 0. The summed E-state index contributed by atoms with van der Waals surface area (Å²) in [4.78, 5) is 0. The van der Waals surface area contributed by atoms with Crippen LogP contribution in [-0.4, -0.2) is 13.2 Å². The van der Waals surface area contributed by atoms with E-state index in [2.05, 4.69) is 13.5 Å². The molecule has 13 heavy (non-hydrogen) atoms. The van der Waals surface area contributed by atoms with Gasteiger partial charge in [0.05, 0.1) is 6.10 Å². The van der Waals surface area contributed by atoms with Crippen LogP contribution in [0.1, 0.15) is 44.9 Å². The first-order valence-corrected chi connectivity index (χ1v) is 5.28. The van der Waals surface area contributed by atoms with Crippen LogP contribution in [0.3, 0.4) is 0 Å². The van der Waals surface area contributed by atoms with E-state index in [0.29, 0.717) is 0 Å². The van der Waals surface area contributed by atoms with Crippen LogP contribution in [0.4, 0.5) is 0 Å². The van der Waals surface area contributed by atoms with Crippen LogP contribution in [-0.2, 0) is 4.74 Å². The van der Waals surface area contributed by atoms with Crippen LogP contribution < -0.4 is 0 Å². The monoisotopic (exact) mass is 183 g/mol. The second kappa shape index (κ2) is 9.79. The van der Waals surface area contributed by atoms with E-state index in [9.17, 15) is 0 Å². The largest absolute Gasteiger partial charge is 0.381 e. The quantitative estimate of drug-likeness (QED) is 0.391. The predicted molar refractivity (Wildman–Crippen MR) is 58.7 cm³/mol. The summed E-state index contributed by atoms with van der Waals surface area (Å²) in [5.41, 5.74) is 0. The van der Waals surface area contributed by atoms with Crippen molar-refractivity contribution < 1.29 is 4.74 Å². The molecule has 1 nitrogen and oxygen atoms in total. The van der Waals surface area contributed by atoms with Crippen LogP contribution in [0.5, 0.6) is 0 Å². The standard InChI is InChI=1S/C12H23O/c1-4-5-6-7-8-9-10-11-12(2)13-3/h4,12H,1-2,5-11H2,3H3. The first-order valence-electron chi connectivity index (χ1n) is 5.28. The zero-order valence-electron chi connectivity index (χ0n) is 8.93. The van der Waals surface area contributed by atoms with E-state index < -0.39 is 0 Å². The van der Waals surface area contributed by atoms with Gasteiger partial charge in [-0.2, -0.15) is 0 Å². The van der Waals surface area contributed by atoms with E-state index in [0.717, 1.165) is 12.8 Å². The molecule has 0 heterocycles. The second-order valence-corrected chi connectivity index (χ2v) is 3.49. The van der Waals surface area contributed by atoms with E-state index in [1.54, 1.807) is 7.11 Å². The van der Waals surface area contributed by atoms with Gasteiger partial charge in [-0.1, -0.05) is 31.8 Å². The Hall–Kier alpha value is -0.300. The number of rotatable bonds is 9. The van der Waals surface area contributed by atoms with Gasteiger partial charge in [-0.15, -0.1) is 6.58 Å². The summed E-state index contributed by atoms with van der Waals surface area (Å²) in [5.74, 6) is 0. The van der Waals surface area contributed by atoms with Gasteiger partial charge in [-0.25, -0.2) is 0 Å². The van der Waals surface area contributed by atoms with Crippen molar-refractivity contribution in [3.8, 4) is 0 Å². The van der Waals surface area contributed by atoms with Crippen molar-refractivity contribution >= 4 is 0 Å². The van der Waals surface area contributed by atoms with Crippen LogP contribution in [0.2, 0.25) is 0 Å². The van der Waals surface area contributed by atoms with Gasteiger partial charge in [0, 0.05) is 7.11 Å². The maximum atomic E-state index is 5.07. The van der Waals surface area contributed by atoms with Crippen LogP contribution in [0.15, 0.2) is 12.7 Å². The molecule has 1 radical (unpaired) electrons. The van der Waals surface area contributed by atoms with E-state index in [-0.39, 0.29) is 6.10 Å². The minimum atomic E-state index is 0.188. The Morgan fingerprint density at radius 1 is 1.15 bits per heavy atom. The van der Waals surface area contributed by atoms with Gasteiger partial charge >= 0.3 is 0 Å². The molecule has 0 aromatic carbocycles. The summed E-state index contributed by atoms with van der Waals surface area (Å²) in [7, 11) is 1.72. The van der Waals surface area contributed by atoms with Crippen molar-refractivity contribution in [1.82, 2.24) is 0 Å². The zero-order chi connectivity index (χ0) is 9.94. The molecular weight excluding hydrogens is 160 g/mol. The molecule has 0 aromatic rings. The highest BCUT2D eigenvalue weighted by Gasteiger charge is 1.98. The number of hydrogen-bond donors (Lipinski definition) is 0. The molecule has 77 valence electrons. The summed E-state index contributed by atoms with van der Waals surface area (Å²) in [5, 5.41) is 0. The Balaban J connectivity index is 2.95. The molecule has 0 fully saturated rings. The third-order valence-corrected chi connectivity index (χ3v) is 2.27. The molecule has 0 rings (SSSR count). The van der Waals surface area contributed by atoms with Crippen molar-refractivity contribution in [2.75, 3.05) is 7.11 Å². The average molecular weight is 183 g/mol. The average Bonchev–Trinajstić information content (AvgIpc) is 2.16. The number of hydrogen-bond acceptors (Lipinski definition) is 1. The number of allylic oxidation sites excluding steroid dienone is 1. The summed E-state index contributed by atoms with van der Waals surface area (Å²) in [6.07, 6.45) is 11.0. The minimum Gasteiger partial charge on any atom is -0.381 e. The molecule has 0 spiro atoms. The molecule has 0 amide bonds. The SMILES string of the molecule is [CH2]C(CCCCCCCC=C)OC. The van der Waals surface area contributed by atoms with Crippen LogP contribution >= 0.6 is 0 Å². The van der Waals surface area contributed by atoms with Crippen molar-refractivity contribution in [1.29, 1.82) is 0 Å². The van der Waals surface area contributed by atoms with Gasteiger partial charge in [0.25, 0.3) is 0 Å². The van der Waals surface area contributed by atoms with Crippen LogP contribution in [0, 0.1) is 6.92 Å². The fourth-order valence-corrected chi connectivity index (χ4v) is 1.31. The third kappa shape index (κ3) is 9.62. The van der Waals surface area contributed by atoms with E-state index in [1.165, 1.54) is 32.1 Å². The topological polar surface area (TPSA) is 9.23 Å². The van der Waals surface area contributed by atoms with Gasteiger partial charge in [0.1, 0.15) is 0 Å². The first kappa shape index (κ1) is 12.7. The zero-order valence-corrected chi connectivity index (χ0v) is 8.93. The summed E-state index contributed by atoms with van der Waals surface area (Å²) in [6.45, 7) is 7.57. The lowest BCUT2D eigenvalue weighted by Crippen LogP contribution is -2.04. The van der Waals surface area contributed by atoms with Gasteiger partial charge < -0.3 is 4.74 Å². The van der Waals surface area contributed by atoms with E-state index in [4.69, 9.17) is 4.74 Å². The molecule has 0 bridgehead atoms. The second-order valence-electron chi connectivity index (χ2n) is 3.49. The molecule has 0 aliphatic carbocycles. The molecular formula is C12H23O. The predicted octanol–water partition coefficient (Wildman–Crippen LogP) is 3.75. The number of unbranched alkanes of at least 4 members (excludes halogenated alkanes) is 5. The molecule has 1 atom stereocenters. The molecule has 1 heteroatoms. The molecule has 0 saturated heterocycles. The molecule has 0 aliphatic rings. The normalized spacial score (nSPS) is 12.8. The first-order chi connectivity index (χ1) is 6.31. The highest BCUT2D eigenvalue weighted by Crippen LogP contribution is 2.09. The molecule has 0 aromatic heterocycles. The Morgan fingerprint density at radius 2 is 1.77 bits per heavy atom. The highest BCUT2D eigenvalue weighted by molar-refractivity contribution is 4.65. The smallest absolute Gasteiger partial charge is 0.0572 e. The fourth-order valence-electron chi connectivity index (χ4n) is 1.31.